The number of carbonyl (C=O) groups is 1. The third-order valence-corrected chi connectivity index (χ3v) is 3.33. The Balaban J connectivity index is 2.30. The van der Waals surface area contributed by atoms with E-state index < -0.39 is 0 Å². The molecule has 0 aliphatic carbocycles. The second-order valence-electron chi connectivity index (χ2n) is 5.08. The van der Waals surface area contributed by atoms with E-state index in [0.29, 0.717) is 19.0 Å². The minimum absolute atomic E-state index is 0.0396. The summed E-state index contributed by atoms with van der Waals surface area (Å²) in [6, 6.07) is 0.208. The van der Waals surface area contributed by atoms with Crippen molar-refractivity contribution in [3.63, 3.8) is 0 Å². The van der Waals surface area contributed by atoms with Crippen LogP contribution in [0.2, 0.25) is 0 Å². The molecular weight excluding hydrogens is 228 g/mol. The second kappa shape index (κ2) is 6.54. The fraction of sp³-hybridized carbons (Fsp3) is 0.692. The van der Waals surface area contributed by atoms with Gasteiger partial charge in [0.1, 0.15) is 0 Å². The lowest BCUT2D eigenvalue weighted by Gasteiger charge is -2.17. The molecule has 0 fully saturated rings. The van der Waals surface area contributed by atoms with Crippen LogP contribution in [0, 0.1) is 12.8 Å². The van der Waals surface area contributed by atoms with Crippen molar-refractivity contribution in [3.05, 3.63) is 17.5 Å². The summed E-state index contributed by atoms with van der Waals surface area (Å²) >= 11 is 0. The first-order chi connectivity index (χ1) is 8.41. The molecule has 0 bridgehead atoms. The van der Waals surface area contributed by atoms with E-state index in [2.05, 4.69) is 29.6 Å². The van der Waals surface area contributed by atoms with Crippen molar-refractivity contribution in [1.82, 2.24) is 20.4 Å². The number of carbonyl (C=O) groups excluding carboxylic acids is 1. The molecule has 1 heterocycles. The highest BCUT2D eigenvalue weighted by Crippen LogP contribution is 2.04. The molecular formula is C13H24N4O. The maximum absolute atomic E-state index is 11.6. The molecule has 0 spiro atoms. The smallest absolute Gasteiger partial charge is 0.234 e. The molecule has 18 heavy (non-hydrogen) atoms. The Morgan fingerprint density at radius 3 is 2.61 bits per heavy atom. The van der Waals surface area contributed by atoms with Gasteiger partial charge < -0.3 is 10.6 Å². The van der Waals surface area contributed by atoms with Gasteiger partial charge in [0.2, 0.25) is 5.91 Å². The van der Waals surface area contributed by atoms with Gasteiger partial charge in [-0.15, -0.1) is 0 Å². The molecule has 0 aromatic carbocycles. The van der Waals surface area contributed by atoms with Gasteiger partial charge in [0, 0.05) is 30.9 Å². The van der Waals surface area contributed by atoms with Crippen LogP contribution in [0.5, 0.6) is 0 Å². The first kappa shape index (κ1) is 14.7. The molecule has 1 aromatic heterocycles. The minimum Gasteiger partial charge on any atom is -0.352 e. The molecule has 1 amide bonds. The fourth-order valence-electron chi connectivity index (χ4n) is 1.50. The van der Waals surface area contributed by atoms with Crippen molar-refractivity contribution < 1.29 is 4.79 Å². The van der Waals surface area contributed by atoms with E-state index in [0.717, 1.165) is 11.3 Å². The number of amides is 1. The van der Waals surface area contributed by atoms with Crippen LogP contribution in [-0.2, 0) is 18.4 Å². The van der Waals surface area contributed by atoms with Crippen molar-refractivity contribution >= 4 is 5.91 Å². The summed E-state index contributed by atoms with van der Waals surface area (Å²) in [5, 5.41) is 10.3. The monoisotopic (exact) mass is 252 g/mol. The van der Waals surface area contributed by atoms with Gasteiger partial charge in [-0.3, -0.25) is 9.48 Å². The zero-order chi connectivity index (χ0) is 13.7. The Bertz CT molecular complexity index is 398. The lowest BCUT2D eigenvalue weighted by Crippen LogP contribution is -2.41. The second-order valence-corrected chi connectivity index (χ2v) is 5.08. The van der Waals surface area contributed by atoms with Crippen LogP contribution in [0.1, 0.15) is 32.0 Å². The summed E-state index contributed by atoms with van der Waals surface area (Å²) in [4.78, 5) is 11.6. The van der Waals surface area contributed by atoms with Gasteiger partial charge in [-0.05, 0) is 19.8 Å². The number of hydrogen-bond donors (Lipinski definition) is 2. The summed E-state index contributed by atoms with van der Waals surface area (Å²) in [5.74, 6) is 0.493. The summed E-state index contributed by atoms with van der Waals surface area (Å²) in [7, 11) is 1.91. The number of aromatic nitrogens is 2. The molecule has 1 aromatic rings. The van der Waals surface area contributed by atoms with Gasteiger partial charge >= 0.3 is 0 Å². The molecule has 0 saturated heterocycles. The average molecular weight is 252 g/mol. The lowest BCUT2D eigenvalue weighted by molar-refractivity contribution is -0.121. The van der Waals surface area contributed by atoms with Crippen molar-refractivity contribution in [3.8, 4) is 0 Å². The first-order valence-electron chi connectivity index (χ1n) is 6.39. The van der Waals surface area contributed by atoms with Crippen molar-refractivity contribution in [2.24, 2.45) is 13.0 Å². The van der Waals surface area contributed by atoms with Crippen molar-refractivity contribution in [2.45, 2.75) is 40.3 Å². The molecule has 0 aliphatic rings. The van der Waals surface area contributed by atoms with E-state index in [9.17, 15) is 4.79 Å². The van der Waals surface area contributed by atoms with Crippen molar-refractivity contribution in [2.75, 3.05) is 6.54 Å². The highest BCUT2D eigenvalue weighted by atomic mass is 16.1. The van der Waals surface area contributed by atoms with Gasteiger partial charge in [0.05, 0.1) is 12.7 Å². The Morgan fingerprint density at radius 1 is 1.44 bits per heavy atom. The van der Waals surface area contributed by atoms with Gasteiger partial charge in [-0.1, -0.05) is 13.8 Å². The molecule has 5 nitrogen and oxygen atoms in total. The molecule has 1 unspecified atom stereocenters. The Kier molecular flexibility index (Phi) is 5.34. The highest BCUT2D eigenvalue weighted by molar-refractivity contribution is 5.78. The largest absolute Gasteiger partial charge is 0.352 e. The predicted octanol–water partition coefficient (Wildman–Crippen LogP) is 0.979. The van der Waals surface area contributed by atoms with Crippen LogP contribution in [0.3, 0.4) is 0 Å². The molecule has 102 valence electrons. The quantitative estimate of drug-likeness (QED) is 0.793. The molecule has 5 heteroatoms. The van der Waals surface area contributed by atoms with E-state index in [-0.39, 0.29) is 11.9 Å². The molecule has 1 atom stereocenters. The summed E-state index contributed by atoms with van der Waals surface area (Å²) in [6.07, 6.45) is 1.83. The van der Waals surface area contributed by atoms with Gasteiger partial charge in [0.15, 0.2) is 0 Å². The standard InChI is InChI=1S/C13H24N4O/c1-9(2)10(3)16-13(18)8-14-6-12-7-15-17(5)11(12)4/h7,9-10,14H,6,8H2,1-5H3,(H,16,18). The van der Waals surface area contributed by atoms with E-state index in [1.165, 1.54) is 0 Å². The predicted molar refractivity (Wildman–Crippen MR) is 72.1 cm³/mol. The summed E-state index contributed by atoms with van der Waals surface area (Å²) in [6.45, 7) is 9.24. The SMILES string of the molecule is Cc1c(CNCC(=O)NC(C)C(C)C)cnn1C. The summed E-state index contributed by atoms with van der Waals surface area (Å²) in [5.41, 5.74) is 2.25. The molecule has 0 radical (unpaired) electrons. The Hall–Kier alpha value is -1.36. The number of nitrogens with zero attached hydrogens (tertiary/aromatic N) is 2. The fourth-order valence-corrected chi connectivity index (χ4v) is 1.50. The number of rotatable bonds is 6. The Labute approximate surface area is 109 Å². The van der Waals surface area contributed by atoms with E-state index in [4.69, 9.17) is 0 Å². The van der Waals surface area contributed by atoms with Crippen LogP contribution in [0.15, 0.2) is 6.20 Å². The highest BCUT2D eigenvalue weighted by Gasteiger charge is 2.10. The topological polar surface area (TPSA) is 59.0 Å². The van der Waals surface area contributed by atoms with E-state index in [1.54, 1.807) is 0 Å². The normalized spacial score (nSPS) is 12.8. The number of nitrogens with one attached hydrogen (secondary N) is 2. The number of hydrogen-bond acceptors (Lipinski definition) is 3. The molecule has 2 N–H and O–H groups in total. The molecule has 0 saturated carbocycles. The van der Waals surface area contributed by atoms with Crippen LogP contribution < -0.4 is 10.6 Å². The van der Waals surface area contributed by atoms with Crippen LogP contribution >= 0.6 is 0 Å². The lowest BCUT2D eigenvalue weighted by atomic mass is 10.1. The average Bonchev–Trinajstić information content (AvgIpc) is 2.60. The van der Waals surface area contributed by atoms with E-state index in [1.807, 2.05) is 31.8 Å². The van der Waals surface area contributed by atoms with Gasteiger partial charge in [-0.25, -0.2) is 0 Å². The van der Waals surface area contributed by atoms with Gasteiger partial charge in [0.25, 0.3) is 0 Å². The minimum atomic E-state index is 0.0396. The van der Waals surface area contributed by atoms with Crippen molar-refractivity contribution in [1.29, 1.82) is 0 Å². The third kappa shape index (κ3) is 4.14. The van der Waals surface area contributed by atoms with Crippen LogP contribution in [-0.4, -0.2) is 28.3 Å². The zero-order valence-corrected chi connectivity index (χ0v) is 11.9. The van der Waals surface area contributed by atoms with Crippen LogP contribution in [0.4, 0.5) is 0 Å². The number of aryl methyl sites for hydroxylation is 1. The van der Waals surface area contributed by atoms with Gasteiger partial charge in [-0.2, -0.15) is 5.10 Å². The molecule has 1 rings (SSSR count). The van der Waals surface area contributed by atoms with Crippen LogP contribution in [0.25, 0.3) is 0 Å². The Morgan fingerprint density at radius 2 is 2.11 bits per heavy atom. The molecule has 0 aliphatic heterocycles. The third-order valence-electron chi connectivity index (χ3n) is 3.33. The summed E-state index contributed by atoms with van der Waals surface area (Å²) < 4.78 is 1.83. The zero-order valence-electron chi connectivity index (χ0n) is 11.9. The maximum Gasteiger partial charge on any atom is 0.234 e. The van der Waals surface area contributed by atoms with E-state index >= 15 is 0 Å². The first-order valence-corrected chi connectivity index (χ1v) is 6.39. The maximum atomic E-state index is 11.6.